The third-order valence-electron chi connectivity index (χ3n) is 7.07. The Hall–Kier alpha value is -5.14. The normalized spacial score (nSPS) is 12.3. The number of aryl methyl sites for hydroxylation is 1. The highest BCUT2D eigenvalue weighted by Gasteiger charge is 2.21. The fourth-order valence-electron chi connectivity index (χ4n) is 4.92. The van der Waals surface area contributed by atoms with Gasteiger partial charge in [-0.25, -0.2) is 0 Å². The third-order valence-corrected chi connectivity index (χ3v) is 7.07. The standard InChI is InChI=1S/C30H23N7/c1-30(2,17-31)22-7-9-23(10-8-22)37-28-24-14-20(21-5-4-19-12-13-33-26(19)15-21)6-11-25(24)34-16-27(28)36(3)29(37)35-18-32/h4-16,33H,1-3H3. The van der Waals surface area contributed by atoms with Crippen molar-refractivity contribution in [2.75, 3.05) is 0 Å². The van der Waals surface area contributed by atoms with Crippen LogP contribution in [-0.2, 0) is 12.5 Å². The van der Waals surface area contributed by atoms with Crippen molar-refractivity contribution < 1.29 is 0 Å². The van der Waals surface area contributed by atoms with Crippen LogP contribution in [0.1, 0.15) is 19.4 Å². The molecule has 0 unspecified atom stereocenters. The van der Waals surface area contributed by atoms with Gasteiger partial charge in [0.15, 0.2) is 0 Å². The molecule has 0 aliphatic rings. The molecule has 0 saturated heterocycles. The molecule has 0 bridgehead atoms. The van der Waals surface area contributed by atoms with E-state index < -0.39 is 5.41 Å². The second-order valence-corrected chi connectivity index (χ2v) is 9.69. The molecule has 0 amide bonds. The monoisotopic (exact) mass is 481 g/mol. The van der Waals surface area contributed by atoms with E-state index in [9.17, 15) is 10.5 Å². The molecule has 7 nitrogen and oxygen atoms in total. The Balaban J connectivity index is 1.65. The van der Waals surface area contributed by atoms with Crippen LogP contribution in [0.3, 0.4) is 0 Å². The maximum Gasteiger partial charge on any atom is 0.226 e. The highest BCUT2D eigenvalue weighted by molar-refractivity contribution is 6.05. The van der Waals surface area contributed by atoms with Crippen molar-refractivity contribution in [1.82, 2.24) is 19.1 Å². The number of nitrogens with zero attached hydrogens (tertiary/aromatic N) is 6. The maximum atomic E-state index is 9.56. The minimum Gasteiger partial charge on any atom is -0.361 e. The molecule has 0 saturated carbocycles. The third kappa shape index (κ3) is 3.49. The van der Waals surface area contributed by atoms with Gasteiger partial charge in [-0.1, -0.05) is 30.3 Å². The molecule has 3 aromatic heterocycles. The first-order valence-corrected chi connectivity index (χ1v) is 11.9. The number of aromatic amines is 1. The van der Waals surface area contributed by atoms with Gasteiger partial charge in [-0.05, 0) is 72.3 Å². The number of pyridine rings is 1. The molecule has 3 aromatic carbocycles. The number of benzene rings is 3. The van der Waals surface area contributed by atoms with Crippen molar-refractivity contribution in [3.8, 4) is 29.1 Å². The van der Waals surface area contributed by atoms with E-state index in [0.717, 1.165) is 49.8 Å². The summed E-state index contributed by atoms with van der Waals surface area (Å²) in [6.45, 7) is 3.80. The molecule has 3 heterocycles. The summed E-state index contributed by atoms with van der Waals surface area (Å²) in [4.78, 5) is 12.2. The van der Waals surface area contributed by atoms with Crippen molar-refractivity contribution >= 4 is 32.8 Å². The summed E-state index contributed by atoms with van der Waals surface area (Å²) >= 11 is 0. The van der Waals surface area contributed by atoms with E-state index >= 15 is 0 Å². The molecule has 37 heavy (non-hydrogen) atoms. The molecule has 7 heteroatoms. The van der Waals surface area contributed by atoms with Crippen LogP contribution >= 0.6 is 0 Å². The summed E-state index contributed by atoms with van der Waals surface area (Å²) < 4.78 is 3.87. The Kier molecular flexibility index (Phi) is 4.96. The van der Waals surface area contributed by atoms with Crippen molar-refractivity contribution in [2.24, 2.45) is 12.0 Å². The number of aromatic nitrogens is 4. The van der Waals surface area contributed by atoms with Gasteiger partial charge in [0.1, 0.15) is 0 Å². The first kappa shape index (κ1) is 22.3. The Morgan fingerprint density at radius 2 is 1.70 bits per heavy atom. The summed E-state index contributed by atoms with van der Waals surface area (Å²) in [5, 5.41) is 21.2. The number of hydrogen-bond donors (Lipinski definition) is 1. The average molecular weight is 482 g/mol. The van der Waals surface area contributed by atoms with Crippen LogP contribution < -0.4 is 5.62 Å². The molecular formula is C30H23N7. The summed E-state index contributed by atoms with van der Waals surface area (Å²) in [6.07, 6.45) is 5.72. The molecular weight excluding hydrogens is 458 g/mol. The van der Waals surface area contributed by atoms with Crippen LogP contribution in [0.4, 0.5) is 0 Å². The number of rotatable bonds is 3. The van der Waals surface area contributed by atoms with Crippen LogP contribution in [0.5, 0.6) is 0 Å². The number of hydrogen-bond acceptors (Lipinski definition) is 4. The van der Waals surface area contributed by atoms with Crippen molar-refractivity contribution in [3.63, 3.8) is 0 Å². The van der Waals surface area contributed by atoms with Gasteiger partial charge in [0.05, 0.1) is 34.2 Å². The molecule has 178 valence electrons. The summed E-state index contributed by atoms with van der Waals surface area (Å²) in [5.74, 6) is 0. The Morgan fingerprint density at radius 3 is 2.46 bits per heavy atom. The molecule has 0 aliphatic heterocycles. The van der Waals surface area contributed by atoms with E-state index in [-0.39, 0.29) is 0 Å². The molecule has 0 fully saturated rings. The van der Waals surface area contributed by atoms with Crippen LogP contribution in [0.15, 0.2) is 84.1 Å². The highest BCUT2D eigenvalue weighted by atomic mass is 15.2. The van der Waals surface area contributed by atoms with Gasteiger partial charge in [0.25, 0.3) is 0 Å². The van der Waals surface area contributed by atoms with Gasteiger partial charge >= 0.3 is 0 Å². The largest absolute Gasteiger partial charge is 0.361 e. The van der Waals surface area contributed by atoms with Crippen LogP contribution in [0.25, 0.3) is 49.7 Å². The highest BCUT2D eigenvalue weighted by Crippen LogP contribution is 2.31. The zero-order valence-corrected chi connectivity index (χ0v) is 20.7. The van der Waals surface area contributed by atoms with Gasteiger partial charge in [-0.3, -0.25) is 9.55 Å². The average Bonchev–Trinajstić information content (AvgIpc) is 3.51. The fraction of sp³-hybridized carbons (Fsp3) is 0.133. The van der Waals surface area contributed by atoms with Gasteiger partial charge in [-0.15, -0.1) is 4.99 Å². The van der Waals surface area contributed by atoms with E-state index in [1.54, 1.807) is 0 Å². The van der Waals surface area contributed by atoms with E-state index in [2.05, 4.69) is 52.4 Å². The lowest BCUT2D eigenvalue weighted by atomic mass is 9.86. The molecule has 0 spiro atoms. The molecule has 6 aromatic rings. The summed E-state index contributed by atoms with van der Waals surface area (Å²) in [7, 11) is 1.89. The first-order valence-electron chi connectivity index (χ1n) is 11.9. The predicted molar refractivity (Wildman–Crippen MR) is 145 cm³/mol. The molecule has 0 aliphatic carbocycles. The van der Waals surface area contributed by atoms with E-state index in [4.69, 9.17) is 4.98 Å². The minimum absolute atomic E-state index is 0.498. The number of nitrogens with one attached hydrogen (secondary N) is 1. The topological polar surface area (TPSA) is 98.5 Å². The van der Waals surface area contributed by atoms with Crippen LogP contribution in [0.2, 0.25) is 0 Å². The van der Waals surface area contributed by atoms with Crippen molar-refractivity contribution in [2.45, 2.75) is 19.3 Å². The second-order valence-electron chi connectivity index (χ2n) is 9.69. The van der Waals surface area contributed by atoms with Gasteiger partial charge in [0, 0.05) is 29.8 Å². The predicted octanol–water partition coefficient (Wildman–Crippen LogP) is 5.85. The first-order chi connectivity index (χ1) is 17.9. The molecule has 1 N–H and O–H groups in total. The van der Waals surface area contributed by atoms with Gasteiger partial charge < -0.3 is 9.55 Å². The zero-order valence-electron chi connectivity index (χ0n) is 20.7. The Morgan fingerprint density at radius 1 is 0.946 bits per heavy atom. The summed E-state index contributed by atoms with van der Waals surface area (Å²) in [5.41, 5.74) is 7.54. The number of imidazole rings is 1. The molecule has 6 rings (SSSR count). The lowest BCUT2D eigenvalue weighted by molar-refractivity contribution is 0.686. The van der Waals surface area contributed by atoms with Crippen molar-refractivity contribution in [1.29, 1.82) is 10.5 Å². The SMILES string of the molecule is Cn1c(=NC#N)n(-c2ccc(C(C)(C)C#N)cc2)c2c3cc(-c4ccc5cc[nH]c5c4)ccc3ncc21. The fourth-order valence-corrected chi connectivity index (χ4v) is 4.92. The molecule has 0 radical (unpaired) electrons. The smallest absolute Gasteiger partial charge is 0.226 e. The second kappa shape index (κ2) is 8.22. The van der Waals surface area contributed by atoms with Crippen molar-refractivity contribution in [3.05, 3.63) is 90.3 Å². The number of H-pyrrole nitrogens is 1. The molecule has 0 atom stereocenters. The van der Waals surface area contributed by atoms with Gasteiger partial charge in [-0.2, -0.15) is 10.5 Å². The van der Waals surface area contributed by atoms with Crippen LogP contribution in [0, 0.1) is 22.8 Å². The van der Waals surface area contributed by atoms with E-state index in [1.807, 2.05) is 78.9 Å². The maximum absolute atomic E-state index is 9.56. The van der Waals surface area contributed by atoms with E-state index in [1.165, 1.54) is 5.39 Å². The Bertz CT molecular complexity index is 1980. The lowest BCUT2D eigenvalue weighted by Crippen LogP contribution is -2.23. The zero-order chi connectivity index (χ0) is 25.7. The number of nitriles is 2. The van der Waals surface area contributed by atoms with E-state index in [0.29, 0.717) is 5.62 Å². The van der Waals surface area contributed by atoms with Gasteiger partial charge in [0.2, 0.25) is 11.8 Å². The van der Waals surface area contributed by atoms with Crippen LogP contribution in [-0.4, -0.2) is 19.1 Å². The quantitative estimate of drug-likeness (QED) is 0.321. The minimum atomic E-state index is -0.604. The Labute approximate surface area is 213 Å². The summed E-state index contributed by atoms with van der Waals surface area (Å²) in [6, 6.07) is 24.9. The number of fused-ring (bicyclic) bond motifs is 4. The lowest BCUT2D eigenvalue weighted by Gasteiger charge is -2.16.